The highest BCUT2D eigenvalue weighted by Gasteiger charge is 2.08. The number of aromatic nitrogens is 1. The van der Waals surface area contributed by atoms with Crippen LogP contribution in [0.5, 0.6) is 0 Å². The van der Waals surface area contributed by atoms with Crippen molar-refractivity contribution in [3.8, 4) is 0 Å². The van der Waals surface area contributed by atoms with Crippen LogP contribution in [0, 0.1) is 5.92 Å². The van der Waals surface area contributed by atoms with Crippen molar-refractivity contribution < 1.29 is 4.42 Å². The van der Waals surface area contributed by atoms with E-state index in [-0.39, 0.29) is 0 Å². The quantitative estimate of drug-likeness (QED) is 0.846. The molecular weight excluding hydrogens is 286 g/mol. The van der Waals surface area contributed by atoms with Crippen LogP contribution in [0.1, 0.15) is 25.0 Å². The first-order valence-electron chi connectivity index (χ1n) is 7.13. The third-order valence-electron chi connectivity index (χ3n) is 3.18. The Morgan fingerprint density at radius 1 is 1.43 bits per heavy atom. The predicted molar refractivity (Wildman–Crippen MR) is 86.6 cm³/mol. The summed E-state index contributed by atoms with van der Waals surface area (Å²) in [5.74, 6) is 1.52. The monoisotopic (exact) mass is 307 g/mol. The Morgan fingerprint density at radius 2 is 2.24 bits per heavy atom. The van der Waals surface area contributed by atoms with E-state index in [0.717, 1.165) is 36.6 Å². The van der Waals surface area contributed by atoms with Gasteiger partial charge < -0.3 is 14.6 Å². The first kappa shape index (κ1) is 15.9. The Balaban J connectivity index is 2.03. The highest BCUT2D eigenvalue weighted by atomic mass is 35.5. The van der Waals surface area contributed by atoms with Gasteiger partial charge in [0.1, 0.15) is 5.82 Å². The summed E-state index contributed by atoms with van der Waals surface area (Å²) in [4.78, 5) is 6.47. The molecule has 0 fully saturated rings. The van der Waals surface area contributed by atoms with E-state index < -0.39 is 0 Å². The van der Waals surface area contributed by atoms with Gasteiger partial charge in [0.2, 0.25) is 0 Å². The zero-order chi connectivity index (χ0) is 15.2. The predicted octanol–water partition coefficient (Wildman–Crippen LogP) is 3.71. The normalized spacial score (nSPS) is 11.1. The first-order valence-corrected chi connectivity index (χ1v) is 7.51. The van der Waals surface area contributed by atoms with Gasteiger partial charge in [-0.15, -0.1) is 0 Å². The summed E-state index contributed by atoms with van der Waals surface area (Å²) in [7, 11) is 2.01. The van der Waals surface area contributed by atoms with Crippen LogP contribution in [0.3, 0.4) is 0 Å². The van der Waals surface area contributed by atoms with Gasteiger partial charge in [0.15, 0.2) is 0 Å². The van der Waals surface area contributed by atoms with Crippen molar-refractivity contribution in [1.29, 1.82) is 0 Å². The number of pyridine rings is 1. The van der Waals surface area contributed by atoms with Crippen molar-refractivity contribution in [3.63, 3.8) is 0 Å². The molecule has 1 N–H and O–H groups in total. The van der Waals surface area contributed by atoms with E-state index in [4.69, 9.17) is 16.0 Å². The van der Waals surface area contributed by atoms with Crippen molar-refractivity contribution in [2.45, 2.75) is 26.9 Å². The summed E-state index contributed by atoms with van der Waals surface area (Å²) in [6.45, 7) is 6.85. The first-order chi connectivity index (χ1) is 10.1. The number of nitrogens with one attached hydrogen (secondary N) is 1. The molecule has 0 aliphatic carbocycles. The standard InChI is InChI=1S/C16H22ClN3O/c1-12(2)7-18-8-14-6-16(19-9-15(14)17)20(3)10-13-4-5-21-11-13/h4-6,9,11-12,18H,7-8,10H2,1-3H3. The summed E-state index contributed by atoms with van der Waals surface area (Å²) in [6, 6.07) is 3.99. The topological polar surface area (TPSA) is 41.3 Å². The van der Waals surface area contributed by atoms with Gasteiger partial charge in [-0.1, -0.05) is 25.4 Å². The van der Waals surface area contributed by atoms with E-state index in [2.05, 4.69) is 29.0 Å². The van der Waals surface area contributed by atoms with Crippen LogP contribution in [0.15, 0.2) is 35.3 Å². The van der Waals surface area contributed by atoms with Crippen molar-refractivity contribution >= 4 is 17.4 Å². The summed E-state index contributed by atoms with van der Waals surface area (Å²) in [5, 5.41) is 4.11. The molecule has 2 aromatic heterocycles. The van der Waals surface area contributed by atoms with Gasteiger partial charge in [0.05, 0.1) is 17.5 Å². The number of hydrogen-bond donors (Lipinski definition) is 1. The average Bonchev–Trinajstić information content (AvgIpc) is 2.93. The fourth-order valence-electron chi connectivity index (χ4n) is 2.04. The second-order valence-corrected chi connectivity index (χ2v) is 6.05. The number of hydrogen-bond acceptors (Lipinski definition) is 4. The van der Waals surface area contributed by atoms with E-state index in [1.54, 1.807) is 18.7 Å². The van der Waals surface area contributed by atoms with Crippen LogP contribution in [0.4, 0.5) is 5.82 Å². The molecule has 0 unspecified atom stereocenters. The highest BCUT2D eigenvalue weighted by molar-refractivity contribution is 6.31. The van der Waals surface area contributed by atoms with Crippen LogP contribution in [-0.2, 0) is 13.1 Å². The molecule has 0 bridgehead atoms. The molecular formula is C16H22ClN3O. The molecule has 0 atom stereocenters. The molecule has 2 rings (SSSR count). The van der Waals surface area contributed by atoms with E-state index in [0.29, 0.717) is 10.9 Å². The summed E-state index contributed by atoms with van der Waals surface area (Å²) < 4.78 is 5.09. The van der Waals surface area contributed by atoms with Gasteiger partial charge in [-0.25, -0.2) is 4.98 Å². The maximum absolute atomic E-state index is 6.22. The zero-order valence-electron chi connectivity index (χ0n) is 12.8. The van der Waals surface area contributed by atoms with Gasteiger partial charge in [-0.05, 0) is 30.2 Å². The molecule has 21 heavy (non-hydrogen) atoms. The lowest BCUT2D eigenvalue weighted by molar-refractivity contribution is 0.552. The maximum atomic E-state index is 6.22. The number of anilines is 1. The van der Waals surface area contributed by atoms with E-state index in [1.807, 2.05) is 19.2 Å². The Bertz CT molecular complexity index is 555. The average molecular weight is 308 g/mol. The molecule has 2 heterocycles. The van der Waals surface area contributed by atoms with Crippen LogP contribution in [0.2, 0.25) is 5.02 Å². The molecule has 5 heteroatoms. The smallest absolute Gasteiger partial charge is 0.128 e. The number of furan rings is 1. The molecule has 0 spiro atoms. The Hall–Kier alpha value is -1.52. The molecule has 0 radical (unpaired) electrons. The van der Waals surface area contributed by atoms with Crippen LogP contribution in [0.25, 0.3) is 0 Å². The lowest BCUT2D eigenvalue weighted by atomic mass is 10.2. The number of rotatable bonds is 7. The summed E-state index contributed by atoms with van der Waals surface area (Å²) in [6.07, 6.45) is 5.15. The molecule has 0 aromatic carbocycles. The van der Waals surface area contributed by atoms with Crippen LogP contribution >= 0.6 is 11.6 Å². The highest BCUT2D eigenvalue weighted by Crippen LogP contribution is 2.21. The summed E-state index contributed by atoms with van der Waals surface area (Å²) >= 11 is 6.22. The summed E-state index contributed by atoms with van der Waals surface area (Å²) in [5.41, 5.74) is 2.19. The minimum Gasteiger partial charge on any atom is -0.472 e. The van der Waals surface area contributed by atoms with Crippen molar-refractivity contribution in [2.75, 3.05) is 18.5 Å². The van der Waals surface area contributed by atoms with E-state index in [1.165, 1.54) is 0 Å². The molecule has 2 aromatic rings. The maximum Gasteiger partial charge on any atom is 0.128 e. The fraction of sp³-hybridized carbons (Fsp3) is 0.438. The molecule has 0 saturated heterocycles. The van der Waals surface area contributed by atoms with Gasteiger partial charge in [0.25, 0.3) is 0 Å². The van der Waals surface area contributed by atoms with Crippen LogP contribution in [-0.4, -0.2) is 18.6 Å². The molecule has 0 aliphatic rings. The fourth-order valence-corrected chi connectivity index (χ4v) is 2.22. The molecule has 4 nitrogen and oxygen atoms in total. The minimum atomic E-state index is 0.619. The molecule has 0 amide bonds. The third kappa shape index (κ3) is 4.76. The molecule has 114 valence electrons. The van der Waals surface area contributed by atoms with E-state index >= 15 is 0 Å². The number of nitrogens with zero attached hydrogens (tertiary/aromatic N) is 2. The molecule has 0 saturated carbocycles. The Morgan fingerprint density at radius 3 is 2.90 bits per heavy atom. The Labute approximate surface area is 131 Å². The second-order valence-electron chi connectivity index (χ2n) is 5.65. The van der Waals surface area contributed by atoms with Gasteiger partial charge in [0, 0.05) is 31.9 Å². The van der Waals surface area contributed by atoms with Gasteiger partial charge >= 0.3 is 0 Å². The third-order valence-corrected chi connectivity index (χ3v) is 3.52. The van der Waals surface area contributed by atoms with Gasteiger partial charge in [-0.2, -0.15) is 0 Å². The van der Waals surface area contributed by atoms with Gasteiger partial charge in [-0.3, -0.25) is 0 Å². The van der Waals surface area contributed by atoms with E-state index in [9.17, 15) is 0 Å². The largest absolute Gasteiger partial charge is 0.472 e. The van der Waals surface area contributed by atoms with Crippen LogP contribution < -0.4 is 10.2 Å². The zero-order valence-corrected chi connectivity index (χ0v) is 13.5. The lowest BCUT2D eigenvalue weighted by Crippen LogP contribution is -2.21. The molecule has 0 aliphatic heterocycles. The minimum absolute atomic E-state index is 0.619. The number of halogens is 1. The van der Waals surface area contributed by atoms with Crippen molar-refractivity contribution in [2.24, 2.45) is 5.92 Å². The lowest BCUT2D eigenvalue weighted by Gasteiger charge is -2.18. The second kappa shape index (κ2) is 7.48. The Kier molecular flexibility index (Phi) is 5.65. The SMILES string of the molecule is CC(C)CNCc1cc(N(C)Cc2ccoc2)ncc1Cl. The van der Waals surface area contributed by atoms with Crippen molar-refractivity contribution in [1.82, 2.24) is 10.3 Å². The van der Waals surface area contributed by atoms with Crippen molar-refractivity contribution in [3.05, 3.63) is 47.0 Å².